The van der Waals surface area contributed by atoms with Gasteiger partial charge in [-0.05, 0) is 36.0 Å². The quantitative estimate of drug-likeness (QED) is 0.505. The summed E-state index contributed by atoms with van der Waals surface area (Å²) >= 11 is 0. The van der Waals surface area contributed by atoms with Crippen LogP contribution in [0, 0.1) is 5.92 Å². The number of hydrogen-bond acceptors (Lipinski definition) is 3. The summed E-state index contributed by atoms with van der Waals surface area (Å²) in [6.45, 7) is 2.34. The normalized spacial score (nSPS) is 19.3. The number of para-hydroxylation sites is 1. The first-order chi connectivity index (χ1) is 15.6. The van der Waals surface area contributed by atoms with Crippen molar-refractivity contribution >= 4 is 22.9 Å². The number of amides is 2. The predicted octanol–water partition coefficient (Wildman–Crippen LogP) is 4.70. The van der Waals surface area contributed by atoms with E-state index in [9.17, 15) is 9.59 Å². The van der Waals surface area contributed by atoms with Gasteiger partial charge in [-0.3, -0.25) is 4.79 Å². The van der Waals surface area contributed by atoms with Crippen LogP contribution < -0.4 is 10.6 Å². The molecule has 6 heteroatoms. The molecule has 2 aromatic carbocycles. The highest BCUT2D eigenvalue weighted by Crippen LogP contribution is 2.24. The smallest absolute Gasteiger partial charge is 0.408 e. The number of ether oxygens (including phenoxy) is 1. The van der Waals surface area contributed by atoms with Gasteiger partial charge in [0.1, 0.15) is 12.6 Å². The molecule has 3 aromatic rings. The molecule has 32 heavy (non-hydrogen) atoms. The fraction of sp³-hybridized carbons (Fsp3) is 0.385. The van der Waals surface area contributed by atoms with Crippen LogP contribution in [-0.4, -0.2) is 29.1 Å². The number of fused-ring (bicyclic) bond motifs is 1. The van der Waals surface area contributed by atoms with E-state index in [4.69, 9.17) is 4.74 Å². The topological polar surface area (TPSA) is 83.2 Å². The minimum Gasteiger partial charge on any atom is -0.445 e. The molecule has 4 rings (SSSR count). The van der Waals surface area contributed by atoms with Crippen LogP contribution in [0.1, 0.15) is 43.7 Å². The van der Waals surface area contributed by atoms with E-state index in [0.29, 0.717) is 12.3 Å². The maximum atomic E-state index is 13.2. The molecule has 1 saturated carbocycles. The molecule has 0 saturated heterocycles. The predicted molar refractivity (Wildman–Crippen MR) is 125 cm³/mol. The Kier molecular flexibility index (Phi) is 7.10. The van der Waals surface area contributed by atoms with Crippen LogP contribution in [0.5, 0.6) is 0 Å². The van der Waals surface area contributed by atoms with Gasteiger partial charge in [0, 0.05) is 29.6 Å². The fourth-order valence-corrected chi connectivity index (χ4v) is 4.45. The Morgan fingerprint density at radius 3 is 2.62 bits per heavy atom. The van der Waals surface area contributed by atoms with E-state index in [2.05, 4.69) is 22.5 Å². The lowest BCUT2D eigenvalue weighted by molar-refractivity contribution is -0.124. The molecule has 0 radical (unpaired) electrons. The van der Waals surface area contributed by atoms with Crippen LogP contribution in [0.2, 0.25) is 0 Å². The number of aromatic nitrogens is 1. The van der Waals surface area contributed by atoms with Crippen molar-refractivity contribution in [2.75, 3.05) is 0 Å². The molecule has 2 amide bonds. The standard InChI is InChI=1S/C26H31N3O3/c1-18-9-5-7-13-22(18)28-25(30)24(15-20-16-27-23-14-8-6-12-21(20)23)29-26(31)32-17-19-10-3-2-4-11-19/h2-4,6,8,10-12,14,16,18,22,24,27H,5,7,9,13,15,17H2,1H3,(H,28,30)(H,29,31)/t18-,22+,24-/m0/s1. The maximum absolute atomic E-state index is 13.2. The molecule has 3 atom stereocenters. The molecular formula is C26H31N3O3. The average Bonchev–Trinajstić information content (AvgIpc) is 3.22. The zero-order valence-corrected chi connectivity index (χ0v) is 18.5. The van der Waals surface area contributed by atoms with E-state index < -0.39 is 12.1 Å². The number of benzene rings is 2. The first-order valence-corrected chi connectivity index (χ1v) is 11.4. The zero-order valence-electron chi connectivity index (χ0n) is 18.5. The van der Waals surface area contributed by atoms with Crippen molar-refractivity contribution in [2.45, 2.75) is 57.7 Å². The minimum atomic E-state index is -0.716. The van der Waals surface area contributed by atoms with E-state index in [0.717, 1.165) is 41.3 Å². The molecule has 1 aliphatic carbocycles. The van der Waals surface area contributed by atoms with E-state index in [1.165, 1.54) is 6.42 Å². The minimum absolute atomic E-state index is 0.142. The number of aromatic amines is 1. The molecule has 1 heterocycles. The van der Waals surface area contributed by atoms with Gasteiger partial charge >= 0.3 is 6.09 Å². The van der Waals surface area contributed by atoms with Gasteiger partial charge in [0.15, 0.2) is 0 Å². The van der Waals surface area contributed by atoms with Crippen LogP contribution in [-0.2, 0) is 22.6 Å². The van der Waals surface area contributed by atoms with Gasteiger partial charge in [-0.1, -0.05) is 68.3 Å². The molecule has 0 bridgehead atoms. The summed E-state index contributed by atoms with van der Waals surface area (Å²) < 4.78 is 5.39. The molecule has 0 spiro atoms. The number of rotatable bonds is 7. The highest BCUT2D eigenvalue weighted by molar-refractivity contribution is 5.88. The van der Waals surface area contributed by atoms with Crippen LogP contribution in [0.4, 0.5) is 4.79 Å². The largest absolute Gasteiger partial charge is 0.445 e. The Balaban J connectivity index is 1.46. The highest BCUT2D eigenvalue weighted by atomic mass is 16.5. The second-order valence-electron chi connectivity index (χ2n) is 8.70. The molecule has 6 nitrogen and oxygen atoms in total. The SMILES string of the molecule is C[C@H]1CCCC[C@H]1NC(=O)[C@H](Cc1c[nH]c2ccccc12)NC(=O)OCc1ccccc1. The van der Waals surface area contributed by atoms with Gasteiger partial charge in [-0.15, -0.1) is 0 Å². The maximum Gasteiger partial charge on any atom is 0.408 e. The van der Waals surface area contributed by atoms with E-state index >= 15 is 0 Å². The summed E-state index contributed by atoms with van der Waals surface area (Å²) in [4.78, 5) is 29.0. The number of carbonyl (C=O) groups is 2. The number of hydrogen-bond donors (Lipinski definition) is 3. The Morgan fingerprint density at radius 1 is 1.06 bits per heavy atom. The lowest BCUT2D eigenvalue weighted by atomic mass is 9.85. The second-order valence-corrected chi connectivity index (χ2v) is 8.70. The number of carbonyl (C=O) groups excluding carboxylic acids is 2. The zero-order chi connectivity index (χ0) is 22.3. The van der Waals surface area contributed by atoms with Gasteiger partial charge in [-0.25, -0.2) is 4.79 Å². The van der Waals surface area contributed by atoms with Crippen molar-refractivity contribution in [1.82, 2.24) is 15.6 Å². The van der Waals surface area contributed by atoms with E-state index in [1.807, 2.05) is 60.8 Å². The van der Waals surface area contributed by atoms with Gasteiger partial charge in [0.05, 0.1) is 0 Å². The summed E-state index contributed by atoms with van der Waals surface area (Å²) in [6, 6.07) is 16.9. The van der Waals surface area contributed by atoms with Gasteiger partial charge in [0.25, 0.3) is 0 Å². The Bertz CT molecular complexity index is 1050. The van der Waals surface area contributed by atoms with Crippen molar-refractivity contribution in [1.29, 1.82) is 0 Å². The summed E-state index contributed by atoms with van der Waals surface area (Å²) in [5.41, 5.74) is 2.89. The number of H-pyrrole nitrogens is 1. The van der Waals surface area contributed by atoms with Crippen LogP contribution in [0.15, 0.2) is 60.8 Å². The van der Waals surface area contributed by atoms with Crippen molar-refractivity contribution in [3.63, 3.8) is 0 Å². The summed E-state index contributed by atoms with van der Waals surface area (Å²) in [6.07, 6.45) is 6.12. The summed E-state index contributed by atoms with van der Waals surface area (Å²) in [5, 5.41) is 7.05. The fourth-order valence-electron chi connectivity index (χ4n) is 4.45. The van der Waals surface area contributed by atoms with E-state index in [-0.39, 0.29) is 18.6 Å². The third-order valence-corrected chi connectivity index (χ3v) is 6.36. The number of alkyl carbamates (subject to hydrolysis) is 1. The summed E-state index contributed by atoms with van der Waals surface area (Å²) in [7, 11) is 0. The van der Waals surface area contributed by atoms with Crippen molar-refractivity contribution in [2.24, 2.45) is 5.92 Å². The Morgan fingerprint density at radius 2 is 1.81 bits per heavy atom. The molecule has 1 aliphatic rings. The first-order valence-electron chi connectivity index (χ1n) is 11.4. The first kappa shape index (κ1) is 21.9. The molecule has 0 aliphatic heterocycles. The lowest BCUT2D eigenvalue weighted by Crippen LogP contribution is -2.52. The molecular weight excluding hydrogens is 402 g/mol. The van der Waals surface area contributed by atoms with Crippen molar-refractivity contribution < 1.29 is 14.3 Å². The monoisotopic (exact) mass is 433 g/mol. The van der Waals surface area contributed by atoms with Gasteiger partial charge in [-0.2, -0.15) is 0 Å². The third-order valence-electron chi connectivity index (χ3n) is 6.36. The van der Waals surface area contributed by atoms with E-state index in [1.54, 1.807) is 0 Å². The highest BCUT2D eigenvalue weighted by Gasteiger charge is 2.28. The molecule has 168 valence electrons. The second kappa shape index (κ2) is 10.4. The van der Waals surface area contributed by atoms with Crippen LogP contribution >= 0.6 is 0 Å². The molecule has 3 N–H and O–H groups in total. The lowest BCUT2D eigenvalue weighted by Gasteiger charge is -2.31. The third kappa shape index (κ3) is 5.49. The molecule has 1 aromatic heterocycles. The summed E-state index contributed by atoms with van der Waals surface area (Å²) in [5.74, 6) is 0.275. The Labute approximate surface area is 188 Å². The van der Waals surface area contributed by atoms with Gasteiger partial charge in [0.2, 0.25) is 5.91 Å². The molecule has 1 fully saturated rings. The number of nitrogens with one attached hydrogen (secondary N) is 3. The van der Waals surface area contributed by atoms with Crippen LogP contribution in [0.3, 0.4) is 0 Å². The van der Waals surface area contributed by atoms with Crippen molar-refractivity contribution in [3.8, 4) is 0 Å². The van der Waals surface area contributed by atoms with Gasteiger partial charge < -0.3 is 20.4 Å². The van der Waals surface area contributed by atoms with Crippen LogP contribution in [0.25, 0.3) is 10.9 Å². The molecule has 0 unspecified atom stereocenters. The van der Waals surface area contributed by atoms with Crippen molar-refractivity contribution in [3.05, 3.63) is 71.9 Å². The Hall–Kier alpha value is -3.28. The average molecular weight is 434 g/mol.